The van der Waals surface area contributed by atoms with Crippen molar-refractivity contribution >= 4 is 51.0 Å². The van der Waals surface area contributed by atoms with Crippen molar-refractivity contribution in [3.05, 3.63) is 15.7 Å². The second kappa shape index (κ2) is 2.56. The molecule has 3 nitrogen and oxygen atoms in total. The molecule has 2 rings (SSSR count). The van der Waals surface area contributed by atoms with Gasteiger partial charge in [-0.05, 0) is 34.7 Å². The second-order valence-electron chi connectivity index (χ2n) is 2.09. The van der Waals surface area contributed by atoms with Crippen molar-refractivity contribution in [3.63, 3.8) is 0 Å². The number of anilines is 1. The Morgan fingerprint density at radius 1 is 1.36 bits per heavy atom. The van der Waals surface area contributed by atoms with Gasteiger partial charge in [-0.2, -0.15) is 8.75 Å². The van der Waals surface area contributed by atoms with Crippen LogP contribution >= 0.6 is 34.3 Å². The summed E-state index contributed by atoms with van der Waals surface area (Å²) in [7, 11) is 0. The lowest BCUT2D eigenvalue weighted by molar-refractivity contribution is 1.60. The molecule has 1 aromatic carbocycles. The van der Waals surface area contributed by atoms with Crippen LogP contribution in [0.3, 0.4) is 0 Å². The minimum Gasteiger partial charge on any atom is -0.396 e. The standard InChI is InChI=1S/C6H4IN3S/c7-3-1-2-4-6(5(3)8)10-11-9-4/h1-2H,8H2. The Kier molecular flexibility index (Phi) is 1.68. The van der Waals surface area contributed by atoms with E-state index in [2.05, 4.69) is 31.3 Å². The molecule has 1 heterocycles. The second-order valence-corrected chi connectivity index (χ2v) is 3.78. The largest absolute Gasteiger partial charge is 0.396 e. The summed E-state index contributed by atoms with van der Waals surface area (Å²) in [6.07, 6.45) is 0. The third-order valence-electron chi connectivity index (χ3n) is 1.41. The van der Waals surface area contributed by atoms with Crippen LogP contribution < -0.4 is 5.73 Å². The van der Waals surface area contributed by atoms with Crippen LogP contribution in [0.25, 0.3) is 11.0 Å². The maximum absolute atomic E-state index is 5.76. The summed E-state index contributed by atoms with van der Waals surface area (Å²) in [5.74, 6) is 0. The molecule has 0 atom stereocenters. The van der Waals surface area contributed by atoms with Gasteiger partial charge in [-0.1, -0.05) is 0 Å². The summed E-state index contributed by atoms with van der Waals surface area (Å²) in [6.45, 7) is 0. The van der Waals surface area contributed by atoms with Crippen LogP contribution in [0, 0.1) is 3.57 Å². The number of hydrogen-bond acceptors (Lipinski definition) is 4. The zero-order chi connectivity index (χ0) is 7.84. The zero-order valence-corrected chi connectivity index (χ0v) is 8.39. The molecular formula is C6H4IN3S. The van der Waals surface area contributed by atoms with E-state index in [0.717, 1.165) is 20.3 Å². The van der Waals surface area contributed by atoms with Gasteiger partial charge in [0.15, 0.2) is 0 Å². The number of nitrogen functional groups attached to an aromatic ring is 1. The molecule has 0 saturated carbocycles. The van der Waals surface area contributed by atoms with Crippen LogP contribution in [-0.2, 0) is 0 Å². The van der Waals surface area contributed by atoms with E-state index in [-0.39, 0.29) is 0 Å². The molecule has 0 spiro atoms. The number of aromatic nitrogens is 2. The summed E-state index contributed by atoms with van der Waals surface area (Å²) >= 11 is 3.37. The Morgan fingerprint density at radius 2 is 2.18 bits per heavy atom. The quantitative estimate of drug-likeness (QED) is 0.591. The zero-order valence-electron chi connectivity index (χ0n) is 5.41. The van der Waals surface area contributed by atoms with Gasteiger partial charge in [-0.3, -0.25) is 0 Å². The van der Waals surface area contributed by atoms with Crippen molar-refractivity contribution in [3.8, 4) is 0 Å². The number of nitrogens with two attached hydrogens (primary N) is 1. The maximum atomic E-state index is 5.76. The fourth-order valence-electron chi connectivity index (χ4n) is 0.847. The predicted molar refractivity (Wildman–Crippen MR) is 54.5 cm³/mol. The van der Waals surface area contributed by atoms with Gasteiger partial charge in [-0.25, -0.2) is 0 Å². The van der Waals surface area contributed by atoms with Crippen LogP contribution in [0.5, 0.6) is 0 Å². The molecule has 0 bridgehead atoms. The van der Waals surface area contributed by atoms with E-state index in [1.54, 1.807) is 0 Å². The number of rotatable bonds is 0. The van der Waals surface area contributed by atoms with E-state index in [9.17, 15) is 0 Å². The van der Waals surface area contributed by atoms with Crippen LogP contribution in [0.1, 0.15) is 0 Å². The van der Waals surface area contributed by atoms with E-state index >= 15 is 0 Å². The first kappa shape index (κ1) is 7.23. The summed E-state index contributed by atoms with van der Waals surface area (Å²) in [5, 5.41) is 0. The molecule has 0 amide bonds. The van der Waals surface area contributed by atoms with E-state index in [1.165, 1.54) is 11.7 Å². The van der Waals surface area contributed by atoms with Gasteiger partial charge in [0, 0.05) is 3.57 Å². The average Bonchev–Trinajstić information content (AvgIpc) is 2.45. The molecule has 0 aliphatic carbocycles. The third-order valence-corrected chi connectivity index (χ3v) is 2.90. The van der Waals surface area contributed by atoms with Gasteiger partial charge in [0.2, 0.25) is 0 Å². The molecule has 2 aromatic rings. The Labute approximate surface area is 81.1 Å². The minimum atomic E-state index is 0.733. The summed E-state index contributed by atoms with van der Waals surface area (Å²) < 4.78 is 9.18. The minimum absolute atomic E-state index is 0.733. The average molecular weight is 277 g/mol. The van der Waals surface area contributed by atoms with E-state index < -0.39 is 0 Å². The van der Waals surface area contributed by atoms with Gasteiger partial charge in [0.05, 0.1) is 17.4 Å². The Hall–Kier alpha value is -0.430. The molecule has 5 heteroatoms. The lowest BCUT2D eigenvalue weighted by Gasteiger charge is -1.95. The van der Waals surface area contributed by atoms with Crippen molar-refractivity contribution in [2.45, 2.75) is 0 Å². The maximum Gasteiger partial charge on any atom is 0.128 e. The highest BCUT2D eigenvalue weighted by molar-refractivity contribution is 14.1. The first-order valence-electron chi connectivity index (χ1n) is 2.95. The fourth-order valence-corrected chi connectivity index (χ4v) is 1.83. The smallest absolute Gasteiger partial charge is 0.128 e. The summed E-state index contributed by atoms with van der Waals surface area (Å²) in [6, 6.07) is 3.87. The Bertz CT molecular complexity index is 398. The number of hydrogen-bond donors (Lipinski definition) is 1. The molecule has 0 radical (unpaired) electrons. The first-order valence-corrected chi connectivity index (χ1v) is 4.76. The van der Waals surface area contributed by atoms with Crippen LogP contribution in [0.4, 0.5) is 5.69 Å². The number of halogens is 1. The Balaban J connectivity index is 2.93. The van der Waals surface area contributed by atoms with Gasteiger partial charge in [0.1, 0.15) is 11.0 Å². The molecule has 0 saturated heterocycles. The van der Waals surface area contributed by atoms with Gasteiger partial charge < -0.3 is 5.73 Å². The van der Waals surface area contributed by atoms with Crippen LogP contribution in [-0.4, -0.2) is 8.75 Å². The molecule has 11 heavy (non-hydrogen) atoms. The van der Waals surface area contributed by atoms with Crippen molar-refractivity contribution in [2.24, 2.45) is 0 Å². The first-order chi connectivity index (χ1) is 5.29. The monoisotopic (exact) mass is 277 g/mol. The van der Waals surface area contributed by atoms with E-state index in [4.69, 9.17) is 5.73 Å². The van der Waals surface area contributed by atoms with Gasteiger partial charge in [0.25, 0.3) is 0 Å². The molecule has 56 valence electrons. The lowest BCUT2D eigenvalue weighted by atomic mass is 10.3. The van der Waals surface area contributed by atoms with Gasteiger partial charge >= 0.3 is 0 Å². The van der Waals surface area contributed by atoms with Crippen molar-refractivity contribution in [1.82, 2.24) is 8.75 Å². The molecule has 0 fully saturated rings. The number of nitrogens with zero attached hydrogens (tertiary/aromatic N) is 2. The van der Waals surface area contributed by atoms with Crippen molar-refractivity contribution in [2.75, 3.05) is 5.73 Å². The molecule has 2 N–H and O–H groups in total. The summed E-state index contributed by atoms with van der Waals surface area (Å²) in [5.41, 5.74) is 8.20. The van der Waals surface area contributed by atoms with Crippen molar-refractivity contribution < 1.29 is 0 Å². The predicted octanol–water partition coefficient (Wildman–Crippen LogP) is 1.88. The van der Waals surface area contributed by atoms with E-state index in [0.29, 0.717) is 0 Å². The topological polar surface area (TPSA) is 51.8 Å². The number of benzene rings is 1. The van der Waals surface area contributed by atoms with E-state index in [1.807, 2.05) is 12.1 Å². The highest BCUT2D eigenvalue weighted by Gasteiger charge is 2.04. The van der Waals surface area contributed by atoms with Crippen LogP contribution in [0.2, 0.25) is 0 Å². The molecule has 1 aromatic heterocycles. The van der Waals surface area contributed by atoms with Crippen LogP contribution in [0.15, 0.2) is 12.1 Å². The molecule has 0 unspecified atom stereocenters. The SMILES string of the molecule is Nc1c(I)ccc2nsnc12. The summed E-state index contributed by atoms with van der Waals surface area (Å²) in [4.78, 5) is 0. The molecule has 0 aliphatic heterocycles. The highest BCUT2D eigenvalue weighted by Crippen LogP contribution is 2.23. The highest BCUT2D eigenvalue weighted by atomic mass is 127. The molecular weight excluding hydrogens is 273 g/mol. The normalized spacial score (nSPS) is 10.6. The Morgan fingerprint density at radius 3 is 3.00 bits per heavy atom. The van der Waals surface area contributed by atoms with Crippen molar-refractivity contribution in [1.29, 1.82) is 0 Å². The lowest BCUT2D eigenvalue weighted by Crippen LogP contribution is -1.89. The third kappa shape index (κ3) is 1.08. The van der Waals surface area contributed by atoms with Gasteiger partial charge in [-0.15, -0.1) is 0 Å². The molecule has 0 aliphatic rings. The fraction of sp³-hybridized carbons (Fsp3) is 0. The number of fused-ring (bicyclic) bond motifs is 1.